The zero-order chi connectivity index (χ0) is 12.8. The first-order valence-electron chi connectivity index (χ1n) is 5.59. The van der Waals surface area contributed by atoms with E-state index < -0.39 is 0 Å². The number of halogens is 1. The lowest BCUT2D eigenvalue weighted by Gasteiger charge is -2.33. The summed E-state index contributed by atoms with van der Waals surface area (Å²) in [6.45, 7) is 9.01. The summed E-state index contributed by atoms with van der Waals surface area (Å²) in [7, 11) is 1.43. The molecule has 0 atom stereocenters. The van der Waals surface area contributed by atoms with E-state index in [9.17, 15) is 4.79 Å². The van der Waals surface area contributed by atoms with E-state index in [1.165, 1.54) is 7.11 Å². The van der Waals surface area contributed by atoms with Crippen LogP contribution in [-0.4, -0.2) is 31.1 Å². The van der Waals surface area contributed by atoms with Crippen LogP contribution in [0.3, 0.4) is 0 Å². The molecule has 0 spiro atoms. The third-order valence-electron chi connectivity index (χ3n) is 2.91. The smallest absolute Gasteiger partial charge is 0.308 e. The quantitative estimate of drug-likeness (QED) is 0.571. The molecule has 0 radical (unpaired) electrons. The Morgan fingerprint density at radius 2 is 2.06 bits per heavy atom. The highest BCUT2D eigenvalue weighted by Gasteiger charge is 2.25. The molecule has 4 heteroatoms. The van der Waals surface area contributed by atoms with Gasteiger partial charge in [-0.1, -0.05) is 24.8 Å². The minimum atomic E-state index is -0.115. The van der Waals surface area contributed by atoms with E-state index in [1.54, 1.807) is 12.2 Å². The summed E-state index contributed by atoms with van der Waals surface area (Å²) in [5.74, 6) is -0.0999. The second kappa shape index (κ2) is 6.50. The molecule has 17 heavy (non-hydrogen) atoms. The zero-order valence-corrected chi connectivity index (χ0v) is 10.9. The molecule has 1 rings (SSSR count). The molecule has 94 valence electrons. The molecular weight excluding hydrogens is 238 g/mol. The topological polar surface area (TPSA) is 29.5 Å². The molecule has 1 heterocycles. The van der Waals surface area contributed by atoms with E-state index in [1.807, 2.05) is 0 Å². The maximum Gasteiger partial charge on any atom is 0.308 e. The number of esters is 1. The molecule has 1 aliphatic heterocycles. The summed E-state index contributed by atoms with van der Waals surface area (Å²) in [5, 5.41) is 0.481. The number of hydrogen-bond acceptors (Lipinski definition) is 3. The van der Waals surface area contributed by atoms with Gasteiger partial charge in [-0.3, -0.25) is 4.79 Å². The normalized spacial score (nSPS) is 17.8. The highest BCUT2D eigenvalue weighted by molar-refractivity contribution is 6.30. The number of hydrogen-bond donors (Lipinski definition) is 0. The van der Waals surface area contributed by atoms with Crippen molar-refractivity contribution in [2.24, 2.45) is 5.92 Å². The van der Waals surface area contributed by atoms with Crippen LogP contribution in [0.2, 0.25) is 0 Å². The first kappa shape index (κ1) is 13.8. The Balaban J connectivity index is 2.59. The van der Waals surface area contributed by atoms with Crippen LogP contribution in [0.15, 0.2) is 36.0 Å². The van der Waals surface area contributed by atoms with Gasteiger partial charge in [0.2, 0.25) is 0 Å². The highest BCUT2D eigenvalue weighted by Crippen LogP contribution is 2.22. The number of carbonyl (C=O) groups excluding carboxylic acids is 1. The summed E-state index contributed by atoms with van der Waals surface area (Å²) >= 11 is 5.75. The summed E-state index contributed by atoms with van der Waals surface area (Å²) in [6, 6.07) is 0. The van der Waals surface area contributed by atoms with Crippen molar-refractivity contribution in [1.82, 2.24) is 4.90 Å². The van der Waals surface area contributed by atoms with Gasteiger partial charge in [-0.15, -0.1) is 0 Å². The van der Waals surface area contributed by atoms with Gasteiger partial charge in [0.05, 0.1) is 13.0 Å². The SMILES string of the molecule is C=C/C(=C\C(=C)Cl)N1CCC(C(=O)OC)CC1. The standard InChI is InChI=1S/C13H18ClNO2/c1-4-12(9-10(2)14)15-7-5-11(6-8-15)13(16)17-3/h4,9,11H,1-2,5-8H2,3H3/b12-9+. The number of carbonyl (C=O) groups is 1. The van der Waals surface area contributed by atoms with Gasteiger partial charge in [0.1, 0.15) is 0 Å². The van der Waals surface area contributed by atoms with E-state index in [-0.39, 0.29) is 11.9 Å². The molecule has 0 aliphatic carbocycles. The minimum absolute atomic E-state index is 0.0153. The lowest BCUT2D eigenvalue weighted by Crippen LogP contribution is -2.35. The number of ether oxygens (including phenoxy) is 1. The maximum atomic E-state index is 11.4. The fraction of sp³-hybridized carbons (Fsp3) is 0.462. The van der Waals surface area contributed by atoms with E-state index in [0.29, 0.717) is 5.03 Å². The van der Waals surface area contributed by atoms with Gasteiger partial charge >= 0.3 is 5.97 Å². The number of piperidine rings is 1. The summed E-state index contributed by atoms with van der Waals surface area (Å²) in [5.41, 5.74) is 0.952. The van der Waals surface area contributed by atoms with Crippen molar-refractivity contribution in [3.8, 4) is 0 Å². The molecule has 0 bridgehead atoms. The van der Waals surface area contributed by atoms with Crippen LogP contribution in [0.4, 0.5) is 0 Å². The molecule has 0 amide bonds. The second-order valence-electron chi connectivity index (χ2n) is 4.00. The first-order valence-corrected chi connectivity index (χ1v) is 5.97. The molecule has 3 nitrogen and oxygen atoms in total. The van der Waals surface area contributed by atoms with Gasteiger partial charge in [0.15, 0.2) is 0 Å². The van der Waals surface area contributed by atoms with Crippen molar-refractivity contribution in [3.63, 3.8) is 0 Å². The Kier molecular flexibility index (Phi) is 5.29. The van der Waals surface area contributed by atoms with Crippen molar-refractivity contribution >= 4 is 17.6 Å². The monoisotopic (exact) mass is 255 g/mol. The largest absolute Gasteiger partial charge is 0.469 e. The zero-order valence-electron chi connectivity index (χ0n) is 10.1. The molecule has 0 aromatic heterocycles. The Morgan fingerprint density at radius 1 is 1.47 bits per heavy atom. The van der Waals surface area contributed by atoms with Crippen molar-refractivity contribution in [2.45, 2.75) is 12.8 Å². The molecule has 0 unspecified atom stereocenters. The van der Waals surface area contributed by atoms with Crippen LogP contribution in [0.25, 0.3) is 0 Å². The third-order valence-corrected chi connectivity index (χ3v) is 3.02. The molecule has 0 aromatic carbocycles. The number of allylic oxidation sites excluding steroid dienone is 3. The van der Waals surface area contributed by atoms with Crippen LogP contribution in [0.5, 0.6) is 0 Å². The Hall–Kier alpha value is -1.22. The Bertz CT molecular complexity index is 341. The highest BCUT2D eigenvalue weighted by atomic mass is 35.5. The van der Waals surface area contributed by atoms with E-state index >= 15 is 0 Å². The van der Waals surface area contributed by atoms with Gasteiger partial charge < -0.3 is 9.64 Å². The third kappa shape index (κ3) is 3.93. The average molecular weight is 256 g/mol. The average Bonchev–Trinajstić information content (AvgIpc) is 2.35. The minimum Gasteiger partial charge on any atom is -0.469 e. The maximum absolute atomic E-state index is 11.4. The molecule has 1 saturated heterocycles. The van der Waals surface area contributed by atoms with Gasteiger partial charge in [-0.25, -0.2) is 0 Å². The molecule has 1 aliphatic rings. The molecule has 0 aromatic rings. The van der Waals surface area contributed by atoms with Gasteiger partial charge in [0, 0.05) is 23.8 Å². The molecule has 0 N–H and O–H groups in total. The number of methoxy groups -OCH3 is 1. The van der Waals surface area contributed by atoms with Gasteiger partial charge in [-0.05, 0) is 25.0 Å². The second-order valence-corrected chi connectivity index (χ2v) is 4.49. The fourth-order valence-electron chi connectivity index (χ4n) is 1.98. The van der Waals surface area contributed by atoms with E-state index in [2.05, 4.69) is 18.1 Å². The first-order chi connectivity index (χ1) is 8.08. The van der Waals surface area contributed by atoms with Crippen molar-refractivity contribution in [2.75, 3.05) is 20.2 Å². The van der Waals surface area contributed by atoms with Crippen molar-refractivity contribution in [1.29, 1.82) is 0 Å². The summed E-state index contributed by atoms with van der Waals surface area (Å²) < 4.78 is 4.75. The van der Waals surface area contributed by atoms with Crippen LogP contribution in [0.1, 0.15) is 12.8 Å². The Labute approximate surface area is 107 Å². The van der Waals surface area contributed by atoms with Crippen LogP contribution in [-0.2, 0) is 9.53 Å². The molecule has 1 fully saturated rings. The molecule has 0 saturated carbocycles. The summed E-state index contributed by atoms with van der Waals surface area (Å²) in [4.78, 5) is 13.5. The predicted molar refractivity (Wildman–Crippen MR) is 69.6 cm³/mol. The van der Waals surface area contributed by atoms with Crippen LogP contribution < -0.4 is 0 Å². The lowest BCUT2D eigenvalue weighted by molar-refractivity contribution is -0.146. The van der Waals surface area contributed by atoms with Gasteiger partial charge in [0.25, 0.3) is 0 Å². The number of likely N-dealkylation sites (tertiary alicyclic amines) is 1. The molecular formula is C13H18ClNO2. The summed E-state index contributed by atoms with van der Waals surface area (Å²) in [6.07, 6.45) is 5.14. The number of rotatable bonds is 4. The Morgan fingerprint density at radius 3 is 2.47 bits per heavy atom. The van der Waals surface area contributed by atoms with Crippen LogP contribution >= 0.6 is 11.6 Å². The lowest BCUT2D eigenvalue weighted by atomic mass is 9.96. The van der Waals surface area contributed by atoms with Crippen molar-refractivity contribution in [3.05, 3.63) is 36.0 Å². The van der Waals surface area contributed by atoms with Gasteiger partial charge in [-0.2, -0.15) is 0 Å². The van der Waals surface area contributed by atoms with E-state index in [0.717, 1.165) is 31.6 Å². The van der Waals surface area contributed by atoms with E-state index in [4.69, 9.17) is 16.3 Å². The predicted octanol–water partition coefficient (Wildman–Crippen LogP) is 2.69. The number of nitrogens with zero attached hydrogens (tertiary/aromatic N) is 1. The van der Waals surface area contributed by atoms with Crippen LogP contribution in [0, 0.1) is 5.92 Å². The van der Waals surface area contributed by atoms with Crippen molar-refractivity contribution < 1.29 is 9.53 Å². The fourth-order valence-corrected chi connectivity index (χ4v) is 2.09.